The van der Waals surface area contributed by atoms with Crippen LogP contribution in [0.5, 0.6) is 0 Å². The number of carboxylic acid groups (broad SMARTS) is 1. The summed E-state index contributed by atoms with van der Waals surface area (Å²) in [7, 11) is 0. The number of aromatic nitrogens is 1. The number of aliphatic carboxylic acids is 1. The molecular weight excluding hydrogens is 222 g/mol. The maximum Gasteiger partial charge on any atom is 0.304 e. The van der Waals surface area contributed by atoms with Gasteiger partial charge in [-0.1, -0.05) is 19.9 Å². The number of benzene rings is 1. The summed E-state index contributed by atoms with van der Waals surface area (Å²) in [6.45, 7) is 3.88. The van der Waals surface area contributed by atoms with Crippen molar-refractivity contribution in [2.75, 3.05) is 0 Å². The van der Waals surface area contributed by atoms with Crippen LogP contribution in [0.15, 0.2) is 23.7 Å². The van der Waals surface area contributed by atoms with Crippen molar-refractivity contribution in [3.8, 4) is 0 Å². The highest BCUT2D eigenvalue weighted by Crippen LogP contribution is 2.30. The molecule has 0 atom stereocenters. The molecule has 0 saturated carbocycles. The van der Waals surface area contributed by atoms with E-state index in [2.05, 4.69) is 4.98 Å². The van der Waals surface area contributed by atoms with Gasteiger partial charge in [0.15, 0.2) is 0 Å². The summed E-state index contributed by atoms with van der Waals surface area (Å²) < 4.78 is 1.13. The smallest absolute Gasteiger partial charge is 0.304 e. The van der Waals surface area contributed by atoms with Crippen molar-refractivity contribution in [1.82, 2.24) is 4.98 Å². The average molecular weight is 235 g/mol. The minimum absolute atomic E-state index is 0.128. The van der Waals surface area contributed by atoms with Crippen molar-refractivity contribution < 1.29 is 9.90 Å². The van der Waals surface area contributed by atoms with Crippen LogP contribution >= 0.6 is 11.3 Å². The molecule has 4 heteroatoms. The van der Waals surface area contributed by atoms with Gasteiger partial charge in [0.25, 0.3) is 0 Å². The van der Waals surface area contributed by atoms with Crippen LogP contribution in [-0.4, -0.2) is 16.1 Å². The standard InChI is InChI=1S/C12H13NO2S/c1-12(2,6-11(14)15)8-3-4-10-9(5-8)13-7-16-10/h3-5,7H,6H2,1-2H3,(H,14,15). The van der Waals surface area contributed by atoms with Gasteiger partial charge in [-0.05, 0) is 17.7 Å². The molecule has 0 bridgehead atoms. The van der Waals surface area contributed by atoms with Crippen LogP contribution in [0.4, 0.5) is 0 Å². The molecule has 0 aliphatic heterocycles. The molecule has 84 valence electrons. The predicted octanol–water partition coefficient (Wildman–Crippen LogP) is 3.05. The van der Waals surface area contributed by atoms with Crippen LogP contribution in [0, 0.1) is 0 Å². The van der Waals surface area contributed by atoms with E-state index in [9.17, 15) is 4.79 Å². The zero-order valence-electron chi connectivity index (χ0n) is 9.23. The van der Waals surface area contributed by atoms with Gasteiger partial charge in [-0.3, -0.25) is 4.79 Å². The number of rotatable bonds is 3. The summed E-state index contributed by atoms with van der Waals surface area (Å²) in [6, 6.07) is 5.98. The van der Waals surface area contributed by atoms with E-state index in [-0.39, 0.29) is 11.8 Å². The quantitative estimate of drug-likeness (QED) is 0.889. The lowest BCUT2D eigenvalue weighted by atomic mass is 9.81. The van der Waals surface area contributed by atoms with Gasteiger partial charge in [0.1, 0.15) is 0 Å². The number of thiazole rings is 1. The monoisotopic (exact) mass is 235 g/mol. The largest absolute Gasteiger partial charge is 0.481 e. The number of hydrogen-bond acceptors (Lipinski definition) is 3. The molecule has 0 aliphatic carbocycles. The Labute approximate surface area is 97.8 Å². The van der Waals surface area contributed by atoms with E-state index >= 15 is 0 Å². The summed E-state index contributed by atoms with van der Waals surface area (Å²) in [6.07, 6.45) is 0.128. The van der Waals surface area contributed by atoms with E-state index in [1.165, 1.54) is 0 Å². The average Bonchev–Trinajstić information content (AvgIpc) is 2.61. The molecule has 1 aromatic heterocycles. The maximum atomic E-state index is 10.8. The Kier molecular flexibility index (Phi) is 2.68. The molecule has 2 aromatic rings. The van der Waals surface area contributed by atoms with Crippen LogP contribution in [-0.2, 0) is 10.2 Å². The first-order valence-electron chi connectivity index (χ1n) is 5.04. The maximum absolute atomic E-state index is 10.8. The number of fused-ring (bicyclic) bond motifs is 1. The number of hydrogen-bond donors (Lipinski definition) is 1. The van der Waals surface area contributed by atoms with Gasteiger partial charge in [0.2, 0.25) is 0 Å². The first-order chi connectivity index (χ1) is 7.49. The third kappa shape index (κ3) is 2.07. The second kappa shape index (κ2) is 3.87. The zero-order valence-corrected chi connectivity index (χ0v) is 10.0. The fourth-order valence-electron chi connectivity index (χ4n) is 1.76. The van der Waals surface area contributed by atoms with E-state index < -0.39 is 5.97 Å². The summed E-state index contributed by atoms with van der Waals surface area (Å²) in [4.78, 5) is 15.0. The Morgan fingerprint density at radius 1 is 1.50 bits per heavy atom. The highest BCUT2D eigenvalue weighted by molar-refractivity contribution is 7.16. The van der Waals surface area contributed by atoms with Crippen LogP contribution < -0.4 is 0 Å². The van der Waals surface area contributed by atoms with Crippen molar-refractivity contribution in [3.63, 3.8) is 0 Å². The third-order valence-electron chi connectivity index (χ3n) is 2.71. The zero-order chi connectivity index (χ0) is 11.8. The lowest BCUT2D eigenvalue weighted by Crippen LogP contribution is -2.21. The van der Waals surface area contributed by atoms with Crippen molar-refractivity contribution >= 4 is 27.5 Å². The molecule has 1 N–H and O–H groups in total. The second-order valence-corrected chi connectivity index (χ2v) is 5.38. The van der Waals surface area contributed by atoms with Crippen LogP contribution in [0.1, 0.15) is 25.8 Å². The van der Waals surface area contributed by atoms with Crippen molar-refractivity contribution in [2.45, 2.75) is 25.7 Å². The molecule has 0 radical (unpaired) electrons. The van der Waals surface area contributed by atoms with E-state index in [0.29, 0.717) is 0 Å². The van der Waals surface area contributed by atoms with Gasteiger partial charge in [-0.15, -0.1) is 11.3 Å². The third-order valence-corrected chi connectivity index (χ3v) is 3.52. The highest BCUT2D eigenvalue weighted by Gasteiger charge is 2.24. The van der Waals surface area contributed by atoms with Gasteiger partial charge in [0, 0.05) is 5.41 Å². The molecule has 16 heavy (non-hydrogen) atoms. The highest BCUT2D eigenvalue weighted by atomic mass is 32.1. The van der Waals surface area contributed by atoms with E-state index in [0.717, 1.165) is 15.8 Å². The molecule has 0 fully saturated rings. The Bertz CT molecular complexity index is 531. The second-order valence-electron chi connectivity index (χ2n) is 4.49. The SMILES string of the molecule is CC(C)(CC(=O)O)c1ccc2scnc2c1. The van der Waals surface area contributed by atoms with Gasteiger partial charge in [-0.2, -0.15) is 0 Å². The van der Waals surface area contributed by atoms with Gasteiger partial charge >= 0.3 is 5.97 Å². The molecule has 0 amide bonds. The fourth-order valence-corrected chi connectivity index (χ4v) is 2.42. The lowest BCUT2D eigenvalue weighted by molar-refractivity contribution is -0.138. The topological polar surface area (TPSA) is 50.2 Å². The first-order valence-corrected chi connectivity index (χ1v) is 5.92. The number of carboxylic acids is 1. The summed E-state index contributed by atoms with van der Waals surface area (Å²) in [5.41, 5.74) is 3.41. The predicted molar refractivity (Wildman–Crippen MR) is 64.9 cm³/mol. The number of carbonyl (C=O) groups is 1. The van der Waals surface area contributed by atoms with Crippen LogP contribution in [0.2, 0.25) is 0 Å². The van der Waals surface area contributed by atoms with Crippen molar-refractivity contribution in [1.29, 1.82) is 0 Å². The Morgan fingerprint density at radius 2 is 2.25 bits per heavy atom. The van der Waals surface area contributed by atoms with Gasteiger partial charge in [-0.25, -0.2) is 4.98 Å². The molecule has 2 rings (SSSR count). The first kappa shape index (κ1) is 11.1. The molecular formula is C12H13NO2S. The van der Waals surface area contributed by atoms with E-state index in [1.54, 1.807) is 16.8 Å². The van der Waals surface area contributed by atoms with E-state index in [4.69, 9.17) is 5.11 Å². The Morgan fingerprint density at radius 3 is 2.94 bits per heavy atom. The molecule has 0 spiro atoms. The number of nitrogens with zero attached hydrogens (tertiary/aromatic N) is 1. The molecule has 1 aromatic carbocycles. The normalized spacial score (nSPS) is 11.9. The fraction of sp³-hybridized carbons (Fsp3) is 0.333. The minimum atomic E-state index is -0.775. The van der Waals surface area contributed by atoms with Gasteiger partial charge in [0.05, 0.1) is 22.1 Å². The summed E-state index contributed by atoms with van der Waals surface area (Å²) in [5.74, 6) is -0.775. The van der Waals surface area contributed by atoms with E-state index in [1.807, 2.05) is 32.0 Å². The lowest BCUT2D eigenvalue weighted by Gasteiger charge is -2.22. The molecule has 1 heterocycles. The van der Waals surface area contributed by atoms with Crippen LogP contribution in [0.3, 0.4) is 0 Å². The van der Waals surface area contributed by atoms with Crippen LogP contribution in [0.25, 0.3) is 10.2 Å². The Hall–Kier alpha value is -1.42. The molecule has 3 nitrogen and oxygen atoms in total. The summed E-state index contributed by atoms with van der Waals surface area (Å²) in [5, 5.41) is 8.87. The molecule has 0 unspecified atom stereocenters. The van der Waals surface area contributed by atoms with Gasteiger partial charge < -0.3 is 5.11 Å². The summed E-state index contributed by atoms with van der Waals surface area (Å²) >= 11 is 1.59. The Balaban J connectivity index is 2.41. The van der Waals surface area contributed by atoms with Crippen molar-refractivity contribution in [2.24, 2.45) is 0 Å². The molecule has 0 aliphatic rings. The molecule has 0 saturated heterocycles. The minimum Gasteiger partial charge on any atom is -0.481 e. The van der Waals surface area contributed by atoms with Crippen molar-refractivity contribution in [3.05, 3.63) is 29.3 Å².